The number of ether oxygens (including phenoxy) is 1. The minimum Gasteiger partial charge on any atom is -0.488 e. The minimum atomic E-state index is 0.140. The van der Waals surface area contributed by atoms with Gasteiger partial charge in [-0.15, -0.1) is 0 Å². The van der Waals surface area contributed by atoms with Crippen molar-refractivity contribution in [1.82, 2.24) is 0 Å². The van der Waals surface area contributed by atoms with Crippen LogP contribution < -0.4 is 10.5 Å². The van der Waals surface area contributed by atoms with Gasteiger partial charge in [-0.05, 0) is 33.8 Å². The maximum atomic E-state index is 12.2. The Morgan fingerprint density at radius 2 is 2.27 bits per heavy atom. The molecule has 0 unspecified atom stereocenters. The zero-order chi connectivity index (χ0) is 11.1. The zero-order valence-corrected chi connectivity index (χ0v) is 9.52. The molecule has 0 aliphatic heterocycles. The second kappa shape index (κ2) is 6.71. The largest absolute Gasteiger partial charge is 0.488 e. The Balaban J connectivity index is 2.64. The number of nitrogens with two attached hydrogens (primary N) is 1. The van der Waals surface area contributed by atoms with Gasteiger partial charge >= 0.3 is 0 Å². The summed E-state index contributed by atoms with van der Waals surface area (Å²) in [5.74, 6) is 0.630. The van der Waals surface area contributed by atoms with Crippen LogP contribution in [0.1, 0.15) is 0 Å². The van der Waals surface area contributed by atoms with E-state index in [-0.39, 0.29) is 13.2 Å². The van der Waals surface area contributed by atoms with Gasteiger partial charge in [0, 0.05) is 12.1 Å². The maximum Gasteiger partial charge on any atom is 0.134 e. The summed E-state index contributed by atoms with van der Waals surface area (Å²) in [7, 11) is 6.70. The number of halogens is 2. The van der Waals surface area contributed by atoms with Gasteiger partial charge in [0.05, 0.1) is 11.2 Å². The van der Waals surface area contributed by atoms with Gasteiger partial charge in [0.2, 0.25) is 0 Å². The number of hydrogen-bond acceptors (Lipinski definition) is 3. The number of benzene rings is 1. The van der Waals surface area contributed by atoms with Crippen molar-refractivity contribution in [2.75, 3.05) is 13.2 Å². The Labute approximate surface area is 96.8 Å². The Kier molecular flexibility index (Phi) is 5.53. The maximum absolute atomic E-state index is 12.2. The van der Waals surface area contributed by atoms with E-state index >= 15 is 0 Å². The molecule has 0 heterocycles. The molecule has 0 spiro atoms. The topological polar surface area (TPSA) is 35.2 Å². The molecule has 5 heteroatoms. The molecule has 82 valence electrons. The molecule has 2 N–H and O–H groups in total. The summed E-state index contributed by atoms with van der Waals surface area (Å²) >= 11 is 0. The Morgan fingerprint density at radius 1 is 1.53 bits per heavy atom. The van der Waals surface area contributed by atoms with Crippen LogP contribution >= 0.6 is 21.7 Å². The lowest BCUT2D eigenvalue weighted by Crippen LogP contribution is -2.10. The van der Waals surface area contributed by atoms with Gasteiger partial charge in [-0.25, -0.2) is 4.39 Å². The van der Waals surface area contributed by atoms with E-state index in [2.05, 4.69) is 0 Å². The first-order chi connectivity index (χ1) is 7.31. The molecule has 0 radical (unpaired) electrons. The van der Waals surface area contributed by atoms with Crippen LogP contribution in [-0.4, -0.2) is 13.2 Å². The van der Waals surface area contributed by atoms with Gasteiger partial charge in [-0.2, -0.15) is 0 Å². The average Bonchev–Trinajstić information content (AvgIpc) is 2.31. The first kappa shape index (κ1) is 12.4. The molecule has 2 nitrogen and oxygen atoms in total. The third-order valence-electron chi connectivity index (χ3n) is 1.76. The van der Waals surface area contributed by atoms with E-state index in [9.17, 15) is 4.39 Å². The van der Waals surface area contributed by atoms with Gasteiger partial charge in [0.1, 0.15) is 12.4 Å². The van der Waals surface area contributed by atoms with Crippen LogP contribution in [0.3, 0.4) is 0 Å². The smallest absolute Gasteiger partial charge is 0.134 e. The lowest BCUT2D eigenvalue weighted by molar-refractivity contribution is 0.340. The summed E-state index contributed by atoms with van der Waals surface area (Å²) < 4.78 is 17.6. The fourth-order valence-corrected chi connectivity index (χ4v) is 1.65. The van der Waals surface area contributed by atoms with Gasteiger partial charge in [-0.1, -0.05) is 12.1 Å². The fourth-order valence-electron chi connectivity index (χ4n) is 0.939. The highest BCUT2D eigenvalue weighted by molar-refractivity contribution is 8.21. The van der Waals surface area contributed by atoms with Crippen LogP contribution in [0.4, 0.5) is 4.39 Å². The number of rotatable bonds is 5. The van der Waals surface area contributed by atoms with Crippen LogP contribution in [-0.2, 0) is 0 Å². The Bertz CT molecular complexity index is 346. The molecule has 0 atom stereocenters. The normalized spacial score (nSPS) is 11.5. The van der Waals surface area contributed by atoms with Crippen molar-refractivity contribution in [3.63, 3.8) is 0 Å². The molecule has 0 bridgehead atoms. The van der Waals surface area contributed by atoms with Crippen LogP contribution in [0.25, 0.3) is 0 Å². The molecule has 15 heavy (non-hydrogen) atoms. The van der Waals surface area contributed by atoms with Crippen molar-refractivity contribution in [1.29, 1.82) is 0 Å². The van der Waals surface area contributed by atoms with E-state index in [4.69, 9.17) is 21.2 Å². The second-order valence-electron chi connectivity index (χ2n) is 2.78. The van der Waals surface area contributed by atoms with Crippen molar-refractivity contribution >= 4 is 21.7 Å². The lowest BCUT2D eigenvalue weighted by Gasteiger charge is -2.09. The summed E-state index contributed by atoms with van der Waals surface area (Å²) in [6.45, 7) is 0.286. The molecular weight excluding hydrogens is 237 g/mol. The van der Waals surface area contributed by atoms with Crippen molar-refractivity contribution in [2.24, 2.45) is 5.73 Å². The summed E-state index contributed by atoms with van der Waals surface area (Å²) in [6.07, 6.45) is 0.469. The van der Waals surface area contributed by atoms with E-state index in [1.165, 1.54) is 0 Å². The van der Waals surface area contributed by atoms with Crippen LogP contribution in [0.2, 0.25) is 0 Å². The van der Waals surface area contributed by atoms with E-state index in [0.717, 1.165) is 15.9 Å². The Morgan fingerprint density at radius 3 is 2.87 bits per heavy atom. The van der Waals surface area contributed by atoms with E-state index in [1.54, 1.807) is 6.07 Å². The van der Waals surface area contributed by atoms with E-state index in [1.807, 2.05) is 18.2 Å². The molecule has 0 fully saturated rings. The molecule has 1 aromatic carbocycles. The van der Waals surface area contributed by atoms with Crippen molar-refractivity contribution < 1.29 is 9.13 Å². The molecule has 0 aliphatic carbocycles. The SMILES string of the molecule is NCC(=CF)COc1ccccc1SCl. The van der Waals surface area contributed by atoms with Crippen LogP contribution in [0, 0.1) is 0 Å². The first-order valence-corrected chi connectivity index (χ1v) is 5.94. The molecule has 0 aromatic heterocycles. The second-order valence-corrected chi connectivity index (χ2v) is 3.84. The molecule has 1 rings (SSSR count). The third-order valence-corrected chi connectivity index (χ3v) is 2.76. The third kappa shape index (κ3) is 3.74. The molecule has 1 aromatic rings. The number of para-hydroxylation sites is 1. The van der Waals surface area contributed by atoms with Crippen molar-refractivity contribution in [2.45, 2.75) is 4.90 Å². The molecule has 0 saturated carbocycles. The van der Waals surface area contributed by atoms with Gasteiger partial charge in [0.25, 0.3) is 0 Å². The summed E-state index contributed by atoms with van der Waals surface area (Å²) in [6, 6.07) is 7.28. The number of hydrogen-bond donors (Lipinski definition) is 1. The highest BCUT2D eigenvalue weighted by Gasteiger charge is 2.03. The minimum absolute atomic E-state index is 0.140. The monoisotopic (exact) mass is 247 g/mol. The van der Waals surface area contributed by atoms with Crippen molar-refractivity contribution in [3.8, 4) is 5.75 Å². The predicted octanol–water partition coefficient (Wildman–Crippen LogP) is 3.12. The van der Waals surface area contributed by atoms with E-state index in [0.29, 0.717) is 17.7 Å². The van der Waals surface area contributed by atoms with Crippen molar-refractivity contribution in [3.05, 3.63) is 36.2 Å². The average molecular weight is 248 g/mol. The van der Waals surface area contributed by atoms with E-state index < -0.39 is 0 Å². The molecular formula is C10H11ClFNOS. The quantitative estimate of drug-likeness (QED) is 0.868. The molecule has 0 saturated heterocycles. The molecule has 0 amide bonds. The lowest BCUT2D eigenvalue weighted by atomic mass is 10.3. The van der Waals surface area contributed by atoms with Gasteiger partial charge in [0.15, 0.2) is 0 Å². The first-order valence-electron chi connectivity index (χ1n) is 4.30. The summed E-state index contributed by atoms with van der Waals surface area (Å²) in [5, 5.41) is 0. The summed E-state index contributed by atoms with van der Waals surface area (Å²) in [4.78, 5) is 0.800. The molecule has 0 aliphatic rings. The van der Waals surface area contributed by atoms with Gasteiger partial charge in [-0.3, -0.25) is 0 Å². The Hall–Kier alpha value is -0.710. The van der Waals surface area contributed by atoms with Crippen LogP contribution in [0.15, 0.2) is 41.1 Å². The van der Waals surface area contributed by atoms with Gasteiger partial charge < -0.3 is 10.5 Å². The highest BCUT2D eigenvalue weighted by atomic mass is 35.7. The van der Waals surface area contributed by atoms with Crippen LogP contribution in [0.5, 0.6) is 5.75 Å². The fraction of sp³-hybridized carbons (Fsp3) is 0.200. The predicted molar refractivity (Wildman–Crippen MR) is 61.9 cm³/mol. The zero-order valence-electron chi connectivity index (χ0n) is 7.95. The summed E-state index contributed by atoms with van der Waals surface area (Å²) in [5.41, 5.74) is 5.71. The highest BCUT2D eigenvalue weighted by Crippen LogP contribution is 2.31. The standard InChI is InChI=1S/C10H11ClFNOS/c11-15-10-4-2-1-3-9(10)14-7-8(5-12)6-13/h1-5H,6-7,13H2.